The third-order valence-corrected chi connectivity index (χ3v) is 4.66. The molecule has 24 heavy (non-hydrogen) atoms. The number of aliphatic hydroxyl groups excluding tert-OH is 1. The molecule has 1 amide bonds. The summed E-state index contributed by atoms with van der Waals surface area (Å²) < 4.78 is 14.7. The molecule has 128 valence electrons. The van der Waals surface area contributed by atoms with Crippen molar-refractivity contribution in [3.05, 3.63) is 47.5 Å². The average molecular weight is 331 g/mol. The Morgan fingerprint density at radius 3 is 2.75 bits per heavy atom. The van der Waals surface area contributed by atoms with Gasteiger partial charge >= 0.3 is 0 Å². The molecule has 1 aromatic carbocycles. The zero-order valence-electron chi connectivity index (χ0n) is 13.7. The van der Waals surface area contributed by atoms with Crippen LogP contribution in [0.1, 0.15) is 42.2 Å². The van der Waals surface area contributed by atoms with Gasteiger partial charge in [-0.3, -0.25) is 4.79 Å². The lowest BCUT2D eigenvalue weighted by atomic mass is 10.1. The maximum absolute atomic E-state index is 13.1. The molecule has 1 aliphatic rings. The van der Waals surface area contributed by atoms with Gasteiger partial charge in [-0.15, -0.1) is 0 Å². The molecule has 0 bridgehead atoms. The van der Waals surface area contributed by atoms with Crippen molar-refractivity contribution in [1.82, 2.24) is 15.1 Å². The first-order valence-electron chi connectivity index (χ1n) is 8.39. The highest BCUT2D eigenvalue weighted by Crippen LogP contribution is 2.25. The monoisotopic (exact) mass is 331 g/mol. The maximum atomic E-state index is 13.1. The van der Waals surface area contributed by atoms with Crippen LogP contribution in [0.15, 0.2) is 30.5 Å². The number of carbonyl (C=O) groups excluding carboxylic acids is 1. The number of amides is 1. The van der Waals surface area contributed by atoms with Crippen LogP contribution in [0.4, 0.5) is 4.39 Å². The molecule has 5 nitrogen and oxygen atoms in total. The molecule has 1 saturated carbocycles. The van der Waals surface area contributed by atoms with Gasteiger partial charge in [0.1, 0.15) is 5.82 Å². The number of aliphatic hydroxyl groups is 1. The van der Waals surface area contributed by atoms with Crippen molar-refractivity contribution in [2.24, 2.45) is 5.92 Å². The van der Waals surface area contributed by atoms with Gasteiger partial charge in [0.15, 0.2) is 0 Å². The Morgan fingerprint density at radius 2 is 2.12 bits per heavy atom. The molecule has 6 heteroatoms. The van der Waals surface area contributed by atoms with E-state index in [0.717, 1.165) is 30.6 Å². The van der Waals surface area contributed by atoms with Crippen LogP contribution in [0.3, 0.4) is 0 Å². The molecule has 2 aromatic rings. The van der Waals surface area contributed by atoms with Gasteiger partial charge in [-0.25, -0.2) is 9.07 Å². The van der Waals surface area contributed by atoms with Gasteiger partial charge in [0.25, 0.3) is 5.91 Å². The average Bonchev–Trinajstić information content (AvgIpc) is 3.19. The maximum Gasteiger partial charge on any atom is 0.254 e. The minimum Gasteiger partial charge on any atom is -0.393 e. The lowest BCUT2D eigenvalue weighted by molar-refractivity contribution is 0.0916. The first-order valence-corrected chi connectivity index (χ1v) is 8.39. The SMILES string of the molecule is CCc1c(C(=O)NCC2CCCC2O)cnn1-c1ccc(F)cc1. The normalized spacial score (nSPS) is 20.3. The van der Waals surface area contributed by atoms with E-state index < -0.39 is 0 Å². The van der Waals surface area contributed by atoms with E-state index >= 15 is 0 Å². The molecule has 3 rings (SSSR count). The van der Waals surface area contributed by atoms with Gasteiger partial charge < -0.3 is 10.4 Å². The van der Waals surface area contributed by atoms with E-state index in [9.17, 15) is 14.3 Å². The first-order chi connectivity index (χ1) is 11.6. The van der Waals surface area contributed by atoms with Crippen LogP contribution in [0.25, 0.3) is 5.69 Å². The number of benzene rings is 1. The van der Waals surface area contributed by atoms with Crippen LogP contribution in [-0.2, 0) is 6.42 Å². The van der Waals surface area contributed by atoms with E-state index in [4.69, 9.17) is 0 Å². The molecule has 2 N–H and O–H groups in total. The molecular formula is C18H22FN3O2. The molecule has 0 saturated heterocycles. The fourth-order valence-corrected chi connectivity index (χ4v) is 3.28. The fraction of sp³-hybridized carbons (Fsp3) is 0.444. The number of halogens is 1. The van der Waals surface area contributed by atoms with Crippen LogP contribution >= 0.6 is 0 Å². The number of nitrogens with one attached hydrogen (secondary N) is 1. The summed E-state index contributed by atoms with van der Waals surface area (Å²) in [5.41, 5.74) is 2.03. The lowest BCUT2D eigenvalue weighted by Crippen LogP contribution is -2.32. The topological polar surface area (TPSA) is 67.2 Å². The summed E-state index contributed by atoms with van der Waals surface area (Å²) in [7, 11) is 0. The van der Waals surface area contributed by atoms with E-state index in [1.54, 1.807) is 23.0 Å². The Bertz CT molecular complexity index is 712. The van der Waals surface area contributed by atoms with Crippen LogP contribution < -0.4 is 5.32 Å². The van der Waals surface area contributed by atoms with E-state index in [2.05, 4.69) is 10.4 Å². The molecule has 2 unspecified atom stereocenters. The Kier molecular flexibility index (Phi) is 4.94. The van der Waals surface area contributed by atoms with Crippen molar-refractivity contribution in [3.8, 4) is 5.69 Å². The minimum atomic E-state index is -0.321. The van der Waals surface area contributed by atoms with Crippen molar-refractivity contribution < 1.29 is 14.3 Å². The van der Waals surface area contributed by atoms with Gasteiger partial charge in [0, 0.05) is 12.5 Å². The molecule has 0 aliphatic heterocycles. The fourth-order valence-electron chi connectivity index (χ4n) is 3.28. The zero-order chi connectivity index (χ0) is 17.1. The summed E-state index contributed by atoms with van der Waals surface area (Å²) in [5, 5.41) is 17.0. The number of carbonyl (C=O) groups is 1. The van der Waals surface area contributed by atoms with Gasteiger partial charge in [0.2, 0.25) is 0 Å². The van der Waals surface area contributed by atoms with Gasteiger partial charge in [0.05, 0.1) is 29.2 Å². The summed E-state index contributed by atoms with van der Waals surface area (Å²) in [6.45, 7) is 2.43. The van der Waals surface area contributed by atoms with E-state index in [0.29, 0.717) is 18.5 Å². The Balaban J connectivity index is 1.75. The predicted octanol–water partition coefficient (Wildman–Crippen LogP) is 2.46. The van der Waals surface area contributed by atoms with Crippen LogP contribution in [-0.4, -0.2) is 33.4 Å². The van der Waals surface area contributed by atoms with Crippen molar-refractivity contribution >= 4 is 5.91 Å². The van der Waals surface area contributed by atoms with Crippen LogP contribution in [0.5, 0.6) is 0 Å². The predicted molar refractivity (Wildman–Crippen MR) is 88.6 cm³/mol. The number of hydrogen-bond acceptors (Lipinski definition) is 3. The van der Waals surface area contributed by atoms with Crippen LogP contribution in [0, 0.1) is 11.7 Å². The molecular weight excluding hydrogens is 309 g/mol. The van der Waals surface area contributed by atoms with Gasteiger partial charge in [-0.2, -0.15) is 5.10 Å². The highest BCUT2D eigenvalue weighted by Gasteiger charge is 2.26. The highest BCUT2D eigenvalue weighted by molar-refractivity contribution is 5.95. The second kappa shape index (κ2) is 7.13. The summed E-state index contributed by atoms with van der Waals surface area (Å²) in [4.78, 5) is 12.5. The minimum absolute atomic E-state index is 0.131. The number of nitrogens with zero attached hydrogens (tertiary/aromatic N) is 2. The second-order valence-corrected chi connectivity index (χ2v) is 6.22. The molecule has 0 spiro atoms. The van der Waals surface area contributed by atoms with E-state index in [-0.39, 0.29) is 23.7 Å². The second-order valence-electron chi connectivity index (χ2n) is 6.22. The summed E-state index contributed by atoms with van der Waals surface area (Å²) >= 11 is 0. The largest absolute Gasteiger partial charge is 0.393 e. The number of rotatable bonds is 5. The summed E-state index contributed by atoms with van der Waals surface area (Å²) in [6, 6.07) is 6.02. The standard InChI is InChI=1S/C18H22FN3O2/c1-2-16-15(18(24)20-10-12-4-3-5-17(12)23)11-21-22(16)14-8-6-13(19)7-9-14/h6-9,11-12,17,23H,2-5,10H2,1H3,(H,20,24). The zero-order valence-corrected chi connectivity index (χ0v) is 13.7. The molecule has 1 heterocycles. The molecule has 0 radical (unpaired) electrons. The first kappa shape index (κ1) is 16.6. The number of aromatic nitrogens is 2. The summed E-state index contributed by atoms with van der Waals surface area (Å²) in [6.07, 6.45) is 4.61. The highest BCUT2D eigenvalue weighted by atomic mass is 19.1. The smallest absolute Gasteiger partial charge is 0.254 e. The third kappa shape index (κ3) is 3.33. The Morgan fingerprint density at radius 1 is 1.38 bits per heavy atom. The third-order valence-electron chi connectivity index (χ3n) is 4.66. The molecule has 2 atom stereocenters. The Labute approximate surface area is 140 Å². The van der Waals surface area contributed by atoms with Crippen LogP contribution in [0.2, 0.25) is 0 Å². The molecule has 1 aliphatic carbocycles. The van der Waals surface area contributed by atoms with Crippen molar-refractivity contribution in [1.29, 1.82) is 0 Å². The van der Waals surface area contributed by atoms with E-state index in [1.807, 2.05) is 6.92 Å². The van der Waals surface area contributed by atoms with Crippen molar-refractivity contribution in [2.75, 3.05) is 6.54 Å². The van der Waals surface area contributed by atoms with Crippen molar-refractivity contribution in [2.45, 2.75) is 38.7 Å². The van der Waals surface area contributed by atoms with Crippen molar-refractivity contribution in [3.63, 3.8) is 0 Å². The molecule has 1 fully saturated rings. The van der Waals surface area contributed by atoms with Gasteiger partial charge in [-0.05, 0) is 43.5 Å². The lowest BCUT2D eigenvalue weighted by Gasteiger charge is -2.15. The molecule has 1 aromatic heterocycles. The quantitative estimate of drug-likeness (QED) is 0.884. The number of hydrogen-bond donors (Lipinski definition) is 2. The Hall–Kier alpha value is -2.21. The van der Waals surface area contributed by atoms with E-state index in [1.165, 1.54) is 12.1 Å². The van der Waals surface area contributed by atoms with Gasteiger partial charge in [-0.1, -0.05) is 13.3 Å². The summed E-state index contributed by atoms with van der Waals surface area (Å²) in [5.74, 6) is -0.359.